The molecule has 1 unspecified atom stereocenters. The van der Waals surface area contributed by atoms with Crippen molar-refractivity contribution in [3.05, 3.63) is 104 Å². The number of allylic oxidation sites excluding steroid dienone is 1. The van der Waals surface area contributed by atoms with Crippen LogP contribution in [0.1, 0.15) is 30.9 Å². The first-order chi connectivity index (χ1) is 23.7. The molecule has 0 aromatic heterocycles. The maximum atomic E-state index is 14.7. The van der Waals surface area contributed by atoms with Crippen molar-refractivity contribution in [2.24, 2.45) is 11.8 Å². The number of aliphatic hydroxyl groups is 1. The molecule has 11 heteroatoms. The van der Waals surface area contributed by atoms with Gasteiger partial charge in [0.15, 0.2) is 0 Å². The van der Waals surface area contributed by atoms with Crippen LogP contribution in [-0.2, 0) is 28.7 Å². The van der Waals surface area contributed by atoms with Gasteiger partial charge in [-0.15, -0.1) is 13.2 Å². The van der Waals surface area contributed by atoms with Crippen molar-refractivity contribution in [1.82, 2.24) is 10.2 Å². The lowest BCUT2D eigenvalue weighted by molar-refractivity contribution is -0.160. The molecule has 3 heterocycles. The molecule has 256 valence electrons. The van der Waals surface area contributed by atoms with Gasteiger partial charge >= 0.3 is 5.97 Å². The molecule has 3 fully saturated rings. The number of esters is 1. The number of nitrogens with one attached hydrogen (secondary N) is 1. The Balaban J connectivity index is 1.32. The molecule has 3 aliphatic rings. The minimum absolute atomic E-state index is 0.0332. The lowest BCUT2D eigenvalue weighted by Gasteiger charge is -2.37. The van der Waals surface area contributed by atoms with E-state index in [4.69, 9.17) is 9.47 Å². The number of carbonyl (C=O) groups is 4. The number of carbonyl (C=O) groups excluding carboxylic acids is 4. The van der Waals surface area contributed by atoms with E-state index >= 15 is 0 Å². The molecule has 2 bridgehead atoms. The maximum absolute atomic E-state index is 14.7. The highest BCUT2D eigenvalue weighted by Gasteiger charge is 2.77. The van der Waals surface area contributed by atoms with E-state index in [1.54, 1.807) is 29.2 Å². The molecule has 0 saturated carbocycles. The molecule has 2 N–H and O–H groups in total. The number of fused-ring (bicyclic) bond motifs is 2. The summed E-state index contributed by atoms with van der Waals surface area (Å²) in [6, 6.07) is 21.5. The molecule has 0 radical (unpaired) electrons. The van der Waals surface area contributed by atoms with Gasteiger partial charge in [0.25, 0.3) is 5.91 Å². The Morgan fingerprint density at radius 1 is 1.08 bits per heavy atom. The highest BCUT2D eigenvalue weighted by atomic mass is 79.9. The van der Waals surface area contributed by atoms with Crippen LogP contribution in [0.25, 0.3) is 10.8 Å². The smallest absolute Gasteiger partial charge is 0.313 e. The lowest BCUT2D eigenvalue weighted by Crippen LogP contribution is -2.57. The summed E-state index contributed by atoms with van der Waals surface area (Å²) in [6.45, 7) is 7.24. The Morgan fingerprint density at radius 3 is 2.53 bits per heavy atom. The van der Waals surface area contributed by atoms with Gasteiger partial charge in [0.1, 0.15) is 17.7 Å². The van der Waals surface area contributed by atoms with E-state index < -0.39 is 53.5 Å². The molecule has 3 aromatic rings. The Morgan fingerprint density at radius 2 is 1.82 bits per heavy atom. The van der Waals surface area contributed by atoms with Crippen LogP contribution in [0.4, 0.5) is 5.69 Å². The normalized spacial score (nSPS) is 25.9. The number of anilines is 1. The number of β-amino-alcohol motifs (C(OH)–C–C–N with tert-alkyl or cyclic N) is 1. The number of hydrogen-bond donors (Lipinski definition) is 2. The SMILES string of the molecule is C=CCCC(=O)NC[C@H](OC(=O)[C@H]1[C@@H]2O[C@@]3(CC2Br)[C@@H]1C(=O)N(CCO)[C@@H]3C(=O)N(CC=C)c1ccc2ccccc2c1)c1ccccc1. The molecule has 3 amide bonds. The number of benzene rings is 3. The van der Waals surface area contributed by atoms with E-state index in [9.17, 15) is 24.3 Å². The molecular weight excluding hydrogens is 690 g/mol. The van der Waals surface area contributed by atoms with Gasteiger partial charge < -0.3 is 29.7 Å². The Hall–Kier alpha value is -4.32. The topological polar surface area (TPSA) is 125 Å². The zero-order valence-corrected chi connectivity index (χ0v) is 28.7. The summed E-state index contributed by atoms with van der Waals surface area (Å²) in [5.41, 5.74) is -0.0414. The fraction of sp³-hybridized carbons (Fsp3) is 0.368. The zero-order valence-electron chi connectivity index (χ0n) is 27.1. The summed E-state index contributed by atoms with van der Waals surface area (Å²) < 4.78 is 12.7. The standard InChI is InChI=1S/C38H40BrN3O7/c1-3-5-15-30(44)40-23-29(25-12-7-6-8-13-25)48-37(47)31-32-35(45)42(19-20-43)34(38(32)22-28(39)33(31)49-38)36(46)41(18-4-2)27-17-16-24-11-9-10-14-26(24)21-27/h3-4,6-14,16-17,21,28-29,31-34,43H,1-2,5,15,18-20,22-23H2,(H,40,44)/t28?,29-,31+,32-,33+,34+,38-/m0/s1. The van der Waals surface area contributed by atoms with Crippen LogP contribution in [0.15, 0.2) is 98.1 Å². The van der Waals surface area contributed by atoms with Crippen LogP contribution < -0.4 is 10.2 Å². The van der Waals surface area contributed by atoms with E-state index in [-0.39, 0.29) is 43.4 Å². The van der Waals surface area contributed by atoms with Crippen molar-refractivity contribution in [3.63, 3.8) is 0 Å². The maximum Gasteiger partial charge on any atom is 0.313 e. The molecular formula is C38H40BrN3O7. The third kappa shape index (κ3) is 6.42. The Labute approximate surface area is 293 Å². The van der Waals surface area contributed by atoms with E-state index in [2.05, 4.69) is 34.4 Å². The quantitative estimate of drug-likeness (QED) is 0.143. The summed E-state index contributed by atoms with van der Waals surface area (Å²) >= 11 is 3.70. The van der Waals surface area contributed by atoms with E-state index in [0.29, 0.717) is 24.1 Å². The summed E-state index contributed by atoms with van der Waals surface area (Å²) in [7, 11) is 0. The molecule has 1 spiro atoms. The molecule has 3 aromatic carbocycles. The summed E-state index contributed by atoms with van der Waals surface area (Å²) in [5, 5.41) is 14.9. The van der Waals surface area contributed by atoms with Crippen molar-refractivity contribution in [1.29, 1.82) is 0 Å². The van der Waals surface area contributed by atoms with Crippen molar-refractivity contribution in [2.75, 3.05) is 31.1 Å². The van der Waals surface area contributed by atoms with Crippen molar-refractivity contribution < 1.29 is 33.8 Å². The Bertz CT molecular complexity index is 1750. The summed E-state index contributed by atoms with van der Waals surface area (Å²) in [4.78, 5) is 58.3. The highest BCUT2D eigenvalue weighted by Crippen LogP contribution is 2.60. The van der Waals surface area contributed by atoms with Crippen LogP contribution in [0, 0.1) is 11.8 Å². The van der Waals surface area contributed by atoms with Gasteiger partial charge in [-0.25, -0.2) is 0 Å². The van der Waals surface area contributed by atoms with Gasteiger partial charge in [0, 0.05) is 30.0 Å². The second kappa shape index (κ2) is 14.7. The summed E-state index contributed by atoms with van der Waals surface area (Å²) in [5.74, 6) is -3.73. The average Bonchev–Trinajstić information content (AvgIpc) is 3.71. The van der Waals surface area contributed by atoms with E-state index in [0.717, 1.165) is 10.8 Å². The Kier molecular flexibility index (Phi) is 10.3. The number of alkyl halides is 1. The van der Waals surface area contributed by atoms with Gasteiger partial charge in [-0.3, -0.25) is 19.2 Å². The van der Waals surface area contributed by atoms with Gasteiger partial charge in [0.2, 0.25) is 11.8 Å². The van der Waals surface area contributed by atoms with Gasteiger partial charge in [0.05, 0.1) is 31.1 Å². The summed E-state index contributed by atoms with van der Waals surface area (Å²) in [6.07, 6.45) is 2.78. The zero-order chi connectivity index (χ0) is 34.7. The third-order valence-corrected chi connectivity index (χ3v) is 10.6. The number of amides is 3. The average molecular weight is 731 g/mol. The van der Waals surface area contributed by atoms with E-state index in [1.807, 2.05) is 60.7 Å². The van der Waals surface area contributed by atoms with Crippen LogP contribution in [-0.4, -0.2) is 82.5 Å². The highest BCUT2D eigenvalue weighted by molar-refractivity contribution is 9.09. The second-order valence-electron chi connectivity index (χ2n) is 12.7. The number of halogens is 1. The van der Waals surface area contributed by atoms with Gasteiger partial charge in [-0.1, -0.05) is 88.7 Å². The number of rotatable bonds is 14. The second-order valence-corrected chi connectivity index (χ2v) is 13.8. The molecule has 0 aliphatic carbocycles. The van der Waals surface area contributed by atoms with Crippen LogP contribution in [0.3, 0.4) is 0 Å². The number of aliphatic hydroxyl groups excluding tert-OH is 1. The van der Waals surface area contributed by atoms with Gasteiger partial charge in [-0.05, 0) is 41.3 Å². The molecule has 10 nitrogen and oxygen atoms in total. The molecule has 3 aliphatic heterocycles. The molecule has 7 atom stereocenters. The number of hydrogen-bond acceptors (Lipinski definition) is 7. The number of ether oxygens (including phenoxy) is 2. The molecule has 49 heavy (non-hydrogen) atoms. The van der Waals surface area contributed by atoms with Crippen molar-refractivity contribution in [2.45, 2.75) is 47.9 Å². The van der Waals surface area contributed by atoms with Crippen molar-refractivity contribution in [3.8, 4) is 0 Å². The fourth-order valence-corrected chi connectivity index (χ4v) is 8.56. The van der Waals surface area contributed by atoms with E-state index in [1.165, 1.54) is 4.90 Å². The first-order valence-electron chi connectivity index (χ1n) is 16.5. The minimum Gasteiger partial charge on any atom is -0.455 e. The largest absolute Gasteiger partial charge is 0.455 e. The predicted molar refractivity (Wildman–Crippen MR) is 189 cm³/mol. The van der Waals surface area contributed by atoms with Crippen LogP contribution >= 0.6 is 15.9 Å². The molecule has 6 rings (SSSR count). The lowest BCUT2D eigenvalue weighted by atomic mass is 9.70. The van der Waals surface area contributed by atoms with Crippen LogP contribution in [0.5, 0.6) is 0 Å². The third-order valence-electron chi connectivity index (χ3n) is 9.75. The minimum atomic E-state index is -1.34. The molecule has 3 saturated heterocycles. The van der Waals surface area contributed by atoms with Gasteiger partial charge in [-0.2, -0.15) is 0 Å². The first-order valence-corrected chi connectivity index (χ1v) is 17.4. The number of likely N-dealkylation sites (tertiary alicyclic amines) is 1. The number of nitrogens with zero attached hydrogens (tertiary/aromatic N) is 2. The monoisotopic (exact) mass is 729 g/mol. The predicted octanol–water partition coefficient (Wildman–Crippen LogP) is 4.47. The fourth-order valence-electron chi connectivity index (χ4n) is 7.61. The van der Waals surface area contributed by atoms with Crippen molar-refractivity contribution >= 4 is 56.1 Å². The van der Waals surface area contributed by atoms with Crippen LogP contribution in [0.2, 0.25) is 0 Å². The first kappa shape index (κ1) is 34.5.